The van der Waals surface area contributed by atoms with E-state index in [1.165, 1.54) is 5.56 Å². The van der Waals surface area contributed by atoms with Crippen LogP contribution in [0.3, 0.4) is 0 Å². The van der Waals surface area contributed by atoms with Crippen LogP contribution in [0, 0.1) is 27.7 Å². The molecule has 1 N–H and O–H groups in total. The summed E-state index contributed by atoms with van der Waals surface area (Å²) in [6.07, 6.45) is 0. The molecule has 2 aromatic carbocycles. The minimum Gasteiger partial charge on any atom is -0.508 e. The molecular weight excluding hydrogens is 224 g/mol. The van der Waals surface area contributed by atoms with Gasteiger partial charge in [-0.3, -0.25) is 0 Å². The van der Waals surface area contributed by atoms with Gasteiger partial charge in [0.05, 0.1) is 0 Å². The molecule has 0 aromatic heterocycles. The molecule has 2 nitrogen and oxygen atoms in total. The summed E-state index contributed by atoms with van der Waals surface area (Å²) in [6, 6.07) is 9.61. The molecule has 0 aliphatic rings. The second-order valence-corrected chi connectivity index (χ2v) is 4.70. The maximum absolute atomic E-state index is 9.63. The first kappa shape index (κ1) is 12.5. The fourth-order valence-electron chi connectivity index (χ4n) is 1.83. The van der Waals surface area contributed by atoms with Gasteiger partial charge in [0, 0.05) is 0 Å². The van der Waals surface area contributed by atoms with E-state index in [4.69, 9.17) is 4.74 Å². The normalized spacial score (nSPS) is 10.4. The molecule has 0 fully saturated rings. The predicted molar refractivity (Wildman–Crippen MR) is 73.6 cm³/mol. The third kappa shape index (κ3) is 2.33. The first-order valence-electron chi connectivity index (χ1n) is 6.03. The lowest BCUT2D eigenvalue weighted by molar-refractivity contribution is 0.456. The Labute approximate surface area is 108 Å². The molecule has 0 spiro atoms. The van der Waals surface area contributed by atoms with Crippen LogP contribution >= 0.6 is 0 Å². The largest absolute Gasteiger partial charge is 0.508 e. The number of rotatable bonds is 2. The van der Waals surface area contributed by atoms with Gasteiger partial charge in [-0.2, -0.15) is 0 Å². The molecule has 0 amide bonds. The highest BCUT2D eigenvalue weighted by Crippen LogP contribution is 2.33. The highest BCUT2D eigenvalue weighted by molar-refractivity contribution is 5.49. The molecule has 18 heavy (non-hydrogen) atoms. The van der Waals surface area contributed by atoms with Gasteiger partial charge in [-0.15, -0.1) is 0 Å². The summed E-state index contributed by atoms with van der Waals surface area (Å²) in [6.45, 7) is 7.91. The summed E-state index contributed by atoms with van der Waals surface area (Å²) in [4.78, 5) is 0. The topological polar surface area (TPSA) is 29.5 Å². The predicted octanol–water partition coefficient (Wildman–Crippen LogP) is 4.42. The average Bonchev–Trinajstić information content (AvgIpc) is 2.34. The standard InChI is InChI=1S/C16H18O2/c1-10-5-6-11(2)16(9-10)18-15-8-7-14(17)12(3)13(15)4/h5-9,17H,1-4H3. The van der Waals surface area contributed by atoms with E-state index in [-0.39, 0.29) is 0 Å². The second-order valence-electron chi connectivity index (χ2n) is 4.70. The van der Waals surface area contributed by atoms with E-state index in [1.807, 2.05) is 39.8 Å². The number of ether oxygens (including phenoxy) is 1. The van der Waals surface area contributed by atoms with Crippen LogP contribution in [0.1, 0.15) is 22.3 Å². The van der Waals surface area contributed by atoms with Crippen molar-refractivity contribution in [3.05, 3.63) is 52.6 Å². The molecule has 0 atom stereocenters. The lowest BCUT2D eigenvalue weighted by Crippen LogP contribution is -1.93. The SMILES string of the molecule is Cc1ccc(C)c(Oc2ccc(O)c(C)c2C)c1. The minimum absolute atomic E-state index is 0.306. The van der Waals surface area contributed by atoms with Crippen molar-refractivity contribution < 1.29 is 9.84 Å². The van der Waals surface area contributed by atoms with Gasteiger partial charge in [-0.05, 0) is 68.1 Å². The zero-order valence-corrected chi connectivity index (χ0v) is 11.2. The molecule has 94 valence electrons. The van der Waals surface area contributed by atoms with Crippen molar-refractivity contribution in [2.24, 2.45) is 0 Å². The summed E-state index contributed by atoms with van der Waals surface area (Å²) in [5, 5.41) is 9.63. The summed E-state index contributed by atoms with van der Waals surface area (Å²) in [5.41, 5.74) is 4.10. The van der Waals surface area contributed by atoms with E-state index >= 15 is 0 Å². The first-order valence-corrected chi connectivity index (χ1v) is 6.03. The van der Waals surface area contributed by atoms with Crippen LogP contribution in [0.5, 0.6) is 17.2 Å². The van der Waals surface area contributed by atoms with Crippen molar-refractivity contribution in [1.29, 1.82) is 0 Å². The Kier molecular flexibility index (Phi) is 3.28. The molecule has 2 aromatic rings. The molecule has 0 aliphatic carbocycles. The maximum Gasteiger partial charge on any atom is 0.130 e. The number of phenolic OH excluding ortho intramolecular Hbond substituents is 1. The van der Waals surface area contributed by atoms with Crippen molar-refractivity contribution in [2.45, 2.75) is 27.7 Å². The van der Waals surface area contributed by atoms with E-state index in [0.717, 1.165) is 28.2 Å². The Morgan fingerprint density at radius 1 is 0.833 bits per heavy atom. The molecule has 0 bridgehead atoms. The zero-order valence-electron chi connectivity index (χ0n) is 11.2. The molecule has 0 unspecified atom stereocenters. The van der Waals surface area contributed by atoms with Gasteiger partial charge in [0.15, 0.2) is 0 Å². The van der Waals surface area contributed by atoms with Gasteiger partial charge in [-0.25, -0.2) is 0 Å². The van der Waals surface area contributed by atoms with Crippen molar-refractivity contribution in [1.82, 2.24) is 0 Å². The van der Waals surface area contributed by atoms with Crippen molar-refractivity contribution in [2.75, 3.05) is 0 Å². The summed E-state index contributed by atoms with van der Waals surface area (Å²) in [7, 11) is 0. The highest BCUT2D eigenvalue weighted by Gasteiger charge is 2.08. The van der Waals surface area contributed by atoms with Gasteiger partial charge in [0.2, 0.25) is 0 Å². The van der Waals surface area contributed by atoms with E-state index in [0.29, 0.717) is 5.75 Å². The van der Waals surface area contributed by atoms with Gasteiger partial charge in [-0.1, -0.05) is 12.1 Å². The van der Waals surface area contributed by atoms with E-state index in [2.05, 4.69) is 6.07 Å². The fourth-order valence-corrected chi connectivity index (χ4v) is 1.83. The summed E-state index contributed by atoms with van der Waals surface area (Å²) >= 11 is 0. The summed E-state index contributed by atoms with van der Waals surface area (Å²) < 4.78 is 5.95. The van der Waals surface area contributed by atoms with Crippen molar-refractivity contribution >= 4 is 0 Å². The first-order chi connectivity index (χ1) is 8.49. The number of phenols is 1. The summed E-state index contributed by atoms with van der Waals surface area (Å²) in [5.74, 6) is 1.96. The number of aromatic hydroxyl groups is 1. The number of aryl methyl sites for hydroxylation is 2. The van der Waals surface area contributed by atoms with Crippen molar-refractivity contribution in [3.63, 3.8) is 0 Å². The van der Waals surface area contributed by atoms with Crippen LogP contribution < -0.4 is 4.74 Å². The van der Waals surface area contributed by atoms with Crippen LogP contribution in [-0.4, -0.2) is 5.11 Å². The number of hydrogen-bond donors (Lipinski definition) is 1. The lowest BCUT2D eigenvalue weighted by Gasteiger charge is -2.13. The number of benzene rings is 2. The monoisotopic (exact) mass is 242 g/mol. The maximum atomic E-state index is 9.63. The molecule has 0 saturated heterocycles. The highest BCUT2D eigenvalue weighted by atomic mass is 16.5. The van der Waals surface area contributed by atoms with Crippen LogP contribution in [0.2, 0.25) is 0 Å². The quantitative estimate of drug-likeness (QED) is 0.844. The molecule has 2 rings (SSSR count). The Balaban J connectivity index is 2.40. The van der Waals surface area contributed by atoms with Gasteiger partial charge >= 0.3 is 0 Å². The van der Waals surface area contributed by atoms with Crippen LogP contribution in [-0.2, 0) is 0 Å². The second kappa shape index (κ2) is 4.73. The fraction of sp³-hybridized carbons (Fsp3) is 0.250. The minimum atomic E-state index is 0.306. The molecule has 0 heterocycles. The zero-order chi connectivity index (χ0) is 13.3. The molecule has 0 saturated carbocycles. The third-order valence-electron chi connectivity index (χ3n) is 3.27. The molecule has 0 aliphatic heterocycles. The molecule has 2 heteroatoms. The Hall–Kier alpha value is -1.96. The van der Waals surface area contributed by atoms with E-state index in [1.54, 1.807) is 12.1 Å². The van der Waals surface area contributed by atoms with Crippen LogP contribution in [0.25, 0.3) is 0 Å². The van der Waals surface area contributed by atoms with Crippen LogP contribution in [0.15, 0.2) is 30.3 Å². The smallest absolute Gasteiger partial charge is 0.130 e. The average molecular weight is 242 g/mol. The van der Waals surface area contributed by atoms with E-state index in [9.17, 15) is 5.11 Å². The molecular formula is C16H18O2. The lowest BCUT2D eigenvalue weighted by atomic mass is 10.1. The van der Waals surface area contributed by atoms with Gasteiger partial charge in [0.1, 0.15) is 17.2 Å². The van der Waals surface area contributed by atoms with Gasteiger partial charge in [0.25, 0.3) is 0 Å². The Morgan fingerprint density at radius 3 is 2.28 bits per heavy atom. The Morgan fingerprint density at radius 2 is 1.56 bits per heavy atom. The van der Waals surface area contributed by atoms with Gasteiger partial charge < -0.3 is 9.84 Å². The van der Waals surface area contributed by atoms with E-state index < -0.39 is 0 Å². The number of hydrogen-bond acceptors (Lipinski definition) is 2. The van der Waals surface area contributed by atoms with Crippen LogP contribution in [0.4, 0.5) is 0 Å². The van der Waals surface area contributed by atoms with Crippen molar-refractivity contribution in [3.8, 4) is 17.2 Å². The third-order valence-corrected chi connectivity index (χ3v) is 3.27. The molecule has 0 radical (unpaired) electrons. The Bertz CT molecular complexity index is 586.